The van der Waals surface area contributed by atoms with E-state index in [1.807, 2.05) is 12.1 Å². The molecule has 1 rings (SSSR count). The quantitative estimate of drug-likeness (QED) is 0.770. The molecule has 0 spiro atoms. The van der Waals surface area contributed by atoms with Gasteiger partial charge in [0.1, 0.15) is 5.75 Å². The van der Waals surface area contributed by atoms with Crippen LogP contribution in [0.3, 0.4) is 0 Å². The molecule has 0 fully saturated rings. The van der Waals surface area contributed by atoms with E-state index in [0.717, 1.165) is 25.2 Å². The maximum Gasteiger partial charge on any atom is 0.123 e. The Morgan fingerprint density at radius 2 is 1.94 bits per heavy atom. The summed E-state index contributed by atoms with van der Waals surface area (Å²) in [6.07, 6.45) is 2.06. The molecule has 3 heteroatoms. The first-order valence-corrected chi connectivity index (χ1v) is 6.60. The predicted molar refractivity (Wildman–Crippen MR) is 75.1 cm³/mol. The monoisotopic (exact) mass is 251 g/mol. The molecule has 0 aliphatic heterocycles. The largest absolute Gasteiger partial charge is 0.496 e. The van der Waals surface area contributed by atoms with Crippen molar-refractivity contribution in [3.05, 3.63) is 29.8 Å². The maximum absolute atomic E-state index is 5.43. The molecule has 0 aromatic heterocycles. The van der Waals surface area contributed by atoms with Crippen molar-refractivity contribution in [2.75, 3.05) is 20.8 Å². The van der Waals surface area contributed by atoms with Crippen LogP contribution in [0.5, 0.6) is 5.75 Å². The standard InChI is InChI=1S/C15H25NO2/c1-5-14(16-12(2)10-11-17-3)13-8-6-7-9-15(13)18-4/h6-9,12,14,16H,5,10-11H2,1-4H3. The van der Waals surface area contributed by atoms with Crippen LogP contribution < -0.4 is 10.1 Å². The van der Waals surface area contributed by atoms with E-state index < -0.39 is 0 Å². The van der Waals surface area contributed by atoms with E-state index >= 15 is 0 Å². The fraction of sp³-hybridized carbons (Fsp3) is 0.600. The van der Waals surface area contributed by atoms with Gasteiger partial charge in [0.2, 0.25) is 0 Å². The number of ether oxygens (including phenoxy) is 2. The molecule has 102 valence electrons. The highest BCUT2D eigenvalue weighted by atomic mass is 16.5. The van der Waals surface area contributed by atoms with Gasteiger partial charge in [-0.05, 0) is 25.8 Å². The molecule has 1 N–H and O–H groups in total. The second-order valence-electron chi connectivity index (χ2n) is 4.55. The summed E-state index contributed by atoms with van der Waals surface area (Å²) in [7, 11) is 3.46. The fourth-order valence-corrected chi connectivity index (χ4v) is 2.10. The third-order valence-corrected chi connectivity index (χ3v) is 3.16. The Morgan fingerprint density at radius 1 is 1.22 bits per heavy atom. The second kappa shape index (κ2) is 8.11. The van der Waals surface area contributed by atoms with Crippen LogP contribution in [0.1, 0.15) is 38.3 Å². The third kappa shape index (κ3) is 4.31. The minimum atomic E-state index is 0.327. The normalized spacial score (nSPS) is 14.2. The van der Waals surface area contributed by atoms with E-state index in [9.17, 15) is 0 Å². The number of benzene rings is 1. The Balaban J connectivity index is 2.70. The minimum Gasteiger partial charge on any atom is -0.496 e. The van der Waals surface area contributed by atoms with E-state index in [1.54, 1.807) is 14.2 Å². The van der Waals surface area contributed by atoms with E-state index in [1.165, 1.54) is 5.56 Å². The van der Waals surface area contributed by atoms with Gasteiger partial charge in [-0.25, -0.2) is 0 Å². The first-order chi connectivity index (χ1) is 8.72. The number of rotatable bonds is 8. The molecule has 0 radical (unpaired) electrons. The van der Waals surface area contributed by atoms with Crippen LogP contribution in [0.15, 0.2) is 24.3 Å². The lowest BCUT2D eigenvalue weighted by Crippen LogP contribution is -2.31. The molecule has 0 aliphatic rings. The van der Waals surface area contributed by atoms with Crippen LogP contribution >= 0.6 is 0 Å². The van der Waals surface area contributed by atoms with Gasteiger partial charge in [-0.3, -0.25) is 0 Å². The van der Waals surface area contributed by atoms with E-state index in [0.29, 0.717) is 12.1 Å². The fourth-order valence-electron chi connectivity index (χ4n) is 2.10. The van der Waals surface area contributed by atoms with Gasteiger partial charge < -0.3 is 14.8 Å². The van der Waals surface area contributed by atoms with Crippen LogP contribution in [-0.4, -0.2) is 26.9 Å². The molecule has 2 atom stereocenters. The van der Waals surface area contributed by atoms with Crippen molar-refractivity contribution >= 4 is 0 Å². The molecular weight excluding hydrogens is 226 g/mol. The molecule has 0 bridgehead atoms. The summed E-state index contributed by atoms with van der Waals surface area (Å²) < 4.78 is 10.5. The highest BCUT2D eigenvalue weighted by Crippen LogP contribution is 2.27. The smallest absolute Gasteiger partial charge is 0.123 e. The van der Waals surface area contributed by atoms with E-state index in [2.05, 4.69) is 31.3 Å². The molecule has 2 unspecified atom stereocenters. The Morgan fingerprint density at radius 3 is 2.56 bits per heavy atom. The number of hydrogen-bond donors (Lipinski definition) is 1. The Bertz CT molecular complexity index is 341. The zero-order valence-electron chi connectivity index (χ0n) is 11.9. The molecule has 3 nitrogen and oxygen atoms in total. The average molecular weight is 251 g/mol. The Kier molecular flexibility index (Phi) is 6.76. The average Bonchev–Trinajstić information content (AvgIpc) is 2.42. The molecule has 0 saturated carbocycles. The second-order valence-corrected chi connectivity index (χ2v) is 4.55. The SMILES string of the molecule is CCC(NC(C)CCOC)c1ccccc1OC. The lowest BCUT2D eigenvalue weighted by atomic mass is 10.0. The van der Waals surface area contributed by atoms with Gasteiger partial charge >= 0.3 is 0 Å². The minimum absolute atomic E-state index is 0.327. The Labute approximate surface area is 110 Å². The highest BCUT2D eigenvalue weighted by molar-refractivity contribution is 5.35. The number of hydrogen-bond acceptors (Lipinski definition) is 3. The van der Waals surface area contributed by atoms with E-state index in [-0.39, 0.29) is 0 Å². The van der Waals surface area contributed by atoms with Crippen LogP contribution in [0.4, 0.5) is 0 Å². The summed E-state index contributed by atoms with van der Waals surface area (Å²) in [5, 5.41) is 3.63. The highest BCUT2D eigenvalue weighted by Gasteiger charge is 2.15. The van der Waals surface area contributed by atoms with Gasteiger partial charge in [0.25, 0.3) is 0 Å². The summed E-state index contributed by atoms with van der Waals surface area (Å²) in [6, 6.07) is 8.96. The van der Waals surface area contributed by atoms with Crippen LogP contribution in [-0.2, 0) is 4.74 Å². The number of methoxy groups -OCH3 is 2. The molecule has 0 amide bonds. The zero-order valence-corrected chi connectivity index (χ0v) is 11.9. The van der Waals surface area contributed by atoms with E-state index in [4.69, 9.17) is 9.47 Å². The summed E-state index contributed by atoms with van der Waals surface area (Å²) in [5.41, 5.74) is 1.23. The first-order valence-electron chi connectivity index (χ1n) is 6.60. The number of para-hydroxylation sites is 1. The molecule has 1 aromatic rings. The lowest BCUT2D eigenvalue weighted by Gasteiger charge is -2.24. The van der Waals surface area contributed by atoms with Gasteiger partial charge in [0.05, 0.1) is 7.11 Å². The van der Waals surface area contributed by atoms with Gasteiger partial charge in [0, 0.05) is 31.4 Å². The van der Waals surface area contributed by atoms with Crippen molar-refractivity contribution in [2.24, 2.45) is 0 Å². The summed E-state index contributed by atoms with van der Waals surface area (Å²) >= 11 is 0. The zero-order chi connectivity index (χ0) is 13.4. The van der Waals surface area contributed by atoms with Gasteiger partial charge in [-0.2, -0.15) is 0 Å². The van der Waals surface area contributed by atoms with Crippen molar-refractivity contribution in [1.29, 1.82) is 0 Å². The van der Waals surface area contributed by atoms with Gasteiger partial charge in [0.15, 0.2) is 0 Å². The summed E-state index contributed by atoms with van der Waals surface area (Å²) in [5.74, 6) is 0.954. The molecular formula is C15H25NO2. The molecule has 18 heavy (non-hydrogen) atoms. The lowest BCUT2D eigenvalue weighted by molar-refractivity contribution is 0.182. The van der Waals surface area contributed by atoms with Crippen molar-refractivity contribution < 1.29 is 9.47 Å². The molecule has 0 saturated heterocycles. The van der Waals surface area contributed by atoms with Crippen LogP contribution in [0.25, 0.3) is 0 Å². The van der Waals surface area contributed by atoms with Crippen molar-refractivity contribution in [1.82, 2.24) is 5.32 Å². The first kappa shape index (κ1) is 15.0. The summed E-state index contributed by atoms with van der Waals surface area (Å²) in [6.45, 7) is 5.17. The maximum atomic E-state index is 5.43. The summed E-state index contributed by atoms with van der Waals surface area (Å²) in [4.78, 5) is 0. The van der Waals surface area contributed by atoms with Gasteiger partial charge in [-0.15, -0.1) is 0 Å². The molecule has 0 heterocycles. The van der Waals surface area contributed by atoms with Crippen molar-refractivity contribution in [3.8, 4) is 5.75 Å². The molecule has 1 aromatic carbocycles. The number of nitrogens with one attached hydrogen (secondary N) is 1. The van der Waals surface area contributed by atoms with Crippen LogP contribution in [0, 0.1) is 0 Å². The van der Waals surface area contributed by atoms with Gasteiger partial charge in [-0.1, -0.05) is 25.1 Å². The Hall–Kier alpha value is -1.06. The van der Waals surface area contributed by atoms with Crippen molar-refractivity contribution in [2.45, 2.75) is 38.8 Å². The van der Waals surface area contributed by atoms with Crippen LogP contribution in [0.2, 0.25) is 0 Å². The predicted octanol–water partition coefficient (Wildman–Crippen LogP) is 3.16. The third-order valence-electron chi connectivity index (χ3n) is 3.16. The molecule has 0 aliphatic carbocycles. The topological polar surface area (TPSA) is 30.5 Å². The van der Waals surface area contributed by atoms with Crippen molar-refractivity contribution in [3.63, 3.8) is 0 Å².